The van der Waals surface area contributed by atoms with Crippen molar-refractivity contribution in [3.05, 3.63) is 46.4 Å². The molecule has 2 rings (SSSR count). The summed E-state index contributed by atoms with van der Waals surface area (Å²) in [4.78, 5) is 23.9. The molecule has 2 aromatic rings. The van der Waals surface area contributed by atoms with Crippen LogP contribution < -0.4 is 5.69 Å². The predicted molar refractivity (Wildman–Crippen MR) is 79.3 cm³/mol. The molecule has 0 aliphatic rings. The lowest BCUT2D eigenvalue weighted by Crippen LogP contribution is -2.21. The Morgan fingerprint density at radius 2 is 1.90 bits per heavy atom. The minimum atomic E-state index is -0.301. The Morgan fingerprint density at radius 3 is 2.50 bits per heavy atom. The molecule has 6 heteroatoms. The second kappa shape index (κ2) is 6.09. The van der Waals surface area contributed by atoms with Gasteiger partial charge in [0.2, 0.25) is 0 Å². The minimum absolute atomic E-state index is 0.00257. The largest absolute Gasteiger partial charge is 0.344 e. The molecule has 0 amide bonds. The average molecular weight is 291 g/mol. The van der Waals surface area contributed by atoms with Crippen LogP contribution in [0.4, 0.5) is 0 Å². The van der Waals surface area contributed by atoms with Gasteiger partial charge in [0.25, 0.3) is 0 Å². The van der Waals surface area contributed by atoms with Gasteiger partial charge in [-0.3, -0.25) is 9.36 Å². The summed E-state index contributed by atoms with van der Waals surface area (Å²) < 4.78 is 1.56. The topological polar surface area (TPSA) is 67.8 Å². The molecule has 5 nitrogen and oxygen atoms in total. The van der Waals surface area contributed by atoms with Crippen LogP contribution in [0.25, 0.3) is 0 Å². The highest BCUT2D eigenvalue weighted by Crippen LogP contribution is 2.24. The molecule has 0 radical (unpaired) electrons. The first kappa shape index (κ1) is 14.6. The molecule has 0 aliphatic heterocycles. The summed E-state index contributed by atoms with van der Waals surface area (Å²) in [5, 5.41) is 6.66. The maximum Gasteiger partial charge on any atom is 0.344 e. The van der Waals surface area contributed by atoms with E-state index >= 15 is 0 Å². The Morgan fingerprint density at radius 1 is 1.25 bits per heavy atom. The summed E-state index contributed by atoms with van der Waals surface area (Å²) in [6.07, 6.45) is 0. The maximum atomic E-state index is 12.3. The molecule has 0 aliphatic carbocycles. The van der Waals surface area contributed by atoms with Crippen molar-refractivity contribution < 1.29 is 4.79 Å². The lowest BCUT2D eigenvalue weighted by Gasteiger charge is -2.12. The van der Waals surface area contributed by atoms with Crippen LogP contribution in [0.15, 0.2) is 40.3 Å². The van der Waals surface area contributed by atoms with Gasteiger partial charge in [-0.05, 0) is 20.8 Å². The van der Waals surface area contributed by atoms with Crippen molar-refractivity contribution in [1.29, 1.82) is 0 Å². The summed E-state index contributed by atoms with van der Waals surface area (Å²) in [7, 11) is 0. The molecule has 0 spiro atoms. The van der Waals surface area contributed by atoms with Gasteiger partial charge in [0, 0.05) is 11.6 Å². The van der Waals surface area contributed by atoms with E-state index in [1.54, 1.807) is 16.7 Å². The number of H-pyrrole nitrogens is 1. The molecule has 1 atom stereocenters. The third-order valence-electron chi connectivity index (χ3n) is 2.90. The number of rotatable bonds is 5. The van der Waals surface area contributed by atoms with E-state index in [1.165, 1.54) is 11.8 Å². The predicted octanol–water partition coefficient (Wildman–Crippen LogP) is 2.52. The third kappa shape index (κ3) is 3.01. The Hall–Kier alpha value is -1.82. The van der Waals surface area contributed by atoms with Gasteiger partial charge in [-0.1, -0.05) is 42.1 Å². The van der Waals surface area contributed by atoms with Gasteiger partial charge < -0.3 is 0 Å². The Balaban J connectivity index is 2.18. The number of benzene rings is 1. The van der Waals surface area contributed by atoms with Crippen molar-refractivity contribution in [1.82, 2.24) is 14.8 Å². The molecule has 0 saturated heterocycles. The van der Waals surface area contributed by atoms with Gasteiger partial charge in [-0.15, -0.1) is 5.10 Å². The number of nitrogens with one attached hydrogen (secondary N) is 1. The Kier molecular flexibility index (Phi) is 4.44. The molecule has 20 heavy (non-hydrogen) atoms. The fraction of sp³-hybridized carbons (Fsp3) is 0.357. The molecule has 1 aromatic carbocycles. The van der Waals surface area contributed by atoms with Crippen molar-refractivity contribution in [2.24, 2.45) is 0 Å². The van der Waals surface area contributed by atoms with Crippen LogP contribution in [0.5, 0.6) is 0 Å². The highest BCUT2D eigenvalue weighted by atomic mass is 32.2. The number of hydrogen-bond donors (Lipinski definition) is 1. The van der Waals surface area contributed by atoms with Crippen molar-refractivity contribution in [3.8, 4) is 0 Å². The first-order valence-electron chi connectivity index (χ1n) is 6.43. The van der Waals surface area contributed by atoms with Gasteiger partial charge in [0.05, 0.1) is 5.25 Å². The first-order valence-corrected chi connectivity index (χ1v) is 7.31. The highest BCUT2D eigenvalue weighted by molar-refractivity contribution is 8.00. The fourth-order valence-electron chi connectivity index (χ4n) is 1.88. The van der Waals surface area contributed by atoms with Gasteiger partial charge in [0.1, 0.15) is 0 Å². The van der Waals surface area contributed by atoms with E-state index in [-0.39, 0.29) is 22.8 Å². The monoisotopic (exact) mass is 291 g/mol. The molecular weight excluding hydrogens is 274 g/mol. The van der Waals surface area contributed by atoms with Gasteiger partial charge in [-0.25, -0.2) is 9.89 Å². The van der Waals surface area contributed by atoms with Gasteiger partial charge in [-0.2, -0.15) is 0 Å². The molecule has 1 unspecified atom stereocenters. The highest BCUT2D eigenvalue weighted by Gasteiger charge is 2.20. The molecule has 106 valence electrons. The minimum Gasteiger partial charge on any atom is -0.293 e. The van der Waals surface area contributed by atoms with Gasteiger partial charge in [0.15, 0.2) is 10.9 Å². The second-order valence-corrected chi connectivity index (χ2v) is 6.07. The quantitative estimate of drug-likeness (QED) is 0.679. The normalized spacial score (nSPS) is 12.6. The molecule has 1 N–H and O–H groups in total. The molecular formula is C14H17N3O2S. The van der Waals surface area contributed by atoms with E-state index in [4.69, 9.17) is 0 Å². The fourth-order valence-corrected chi connectivity index (χ4v) is 2.94. The van der Waals surface area contributed by atoms with Crippen LogP contribution in [0.2, 0.25) is 0 Å². The maximum absolute atomic E-state index is 12.3. The van der Waals surface area contributed by atoms with Crippen LogP contribution >= 0.6 is 11.8 Å². The van der Waals surface area contributed by atoms with Crippen molar-refractivity contribution in [2.45, 2.75) is 37.2 Å². The number of carbonyl (C=O) groups excluding carboxylic acids is 1. The standard InChI is InChI=1S/C14H17N3O2S/c1-9(2)17-13(19)15-16-14(17)20-10(3)12(18)11-7-5-4-6-8-11/h4-10H,1-3H3,(H,15,19). The zero-order valence-electron chi connectivity index (χ0n) is 11.7. The number of nitrogens with zero attached hydrogens (tertiary/aromatic N) is 2. The number of ketones is 1. The lowest BCUT2D eigenvalue weighted by molar-refractivity contribution is 0.0994. The summed E-state index contributed by atoms with van der Waals surface area (Å²) in [6.45, 7) is 5.64. The average Bonchev–Trinajstić information content (AvgIpc) is 2.79. The van der Waals surface area contributed by atoms with E-state index in [0.29, 0.717) is 10.7 Å². The number of carbonyl (C=O) groups is 1. The number of hydrogen-bond acceptors (Lipinski definition) is 4. The van der Waals surface area contributed by atoms with Crippen molar-refractivity contribution in [2.75, 3.05) is 0 Å². The van der Waals surface area contributed by atoms with Crippen molar-refractivity contribution >= 4 is 17.5 Å². The zero-order chi connectivity index (χ0) is 14.7. The lowest BCUT2D eigenvalue weighted by atomic mass is 10.1. The summed E-state index contributed by atoms with van der Waals surface area (Å²) >= 11 is 1.29. The number of aromatic amines is 1. The van der Waals surface area contributed by atoms with E-state index in [0.717, 1.165) is 0 Å². The molecule has 1 aromatic heterocycles. The molecule has 0 bridgehead atoms. The number of thioether (sulfide) groups is 1. The SMILES string of the molecule is CC(Sc1n[nH]c(=O)n1C(C)C)C(=O)c1ccccc1. The number of Topliss-reactive ketones (excluding diaryl/α,β-unsaturated/α-hetero) is 1. The molecule has 1 heterocycles. The van der Waals surface area contributed by atoms with Crippen LogP contribution in [-0.2, 0) is 0 Å². The van der Waals surface area contributed by atoms with Crippen LogP contribution in [0.1, 0.15) is 37.2 Å². The molecule has 0 fully saturated rings. The first-order chi connectivity index (χ1) is 9.50. The smallest absolute Gasteiger partial charge is 0.293 e. The van der Waals surface area contributed by atoms with E-state index < -0.39 is 0 Å². The van der Waals surface area contributed by atoms with E-state index in [2.05, 4.69) is 10.2 Å². The van der Waals surface area contributed by atoms with Crippen LogP contribution in [-0.4, -0.2) is 25.8 Å². The second-order valence-electron chi connectivity index (χ2n) is 4.77. The summed E-state index contributed by atoms with van der Waals surface area (Å²) in [5.74, 6) is 0.0290. The summed E-state index contributed by atoms with van der Waals surface area (Å²) in [5.41, 5.74) is 0.420. The van der Waals surface area contributed by atoms with Crippen LogP contribution in [0, 0.1) is 0 Å². The van der Waals surface area contributed by atoms with Gasteiger partial charge >= 0.3 is 5.69 Å². The summed E-state index contributed by atoms with van der Waals surface area (Å²) in [6, 6.07) is 9.13. The van der Waals surface area contributed by atoms with E-state index in [1.807, 2.05) is 39.0 Å². The van der Waals surface area contributed by atoms with Crippen LogP contribution in [0.3, 0.4) is 0 Å². The number of aromatic nitrogens is 3. The zero-order valence-corrected chi connectivity index (χ0v) is 12.5. The Bertz CT molecular complexity index is 646. The third-order valence-corrected chi connectivity index (χ3v) is 3.96. The van der Waals surface area contributed by atoms with E-state index in [9.17, 15) is 9.59 Å². The Labute approximate surface area is 121 Å². The molecule has 0 saturated carbocycles. The van der Waals surface area contributed by atoms with Crippen molar-refractivity contribution in [3.63, 3.8) is 0 Å².